The van der Waals surface area contributed by atoms with Crippen LogP contribution in [0.25, 0.3) is 0 Å². The van der Waals surface area contributed by atoms with Crippen molar-refractivity contribution in [3.8, 4) is 0 Å². The second-order valence-electron chi connectivity index (χ2n) is 7.98. The lowest BCUT2D eigenvalue weighted by atomic mass is 10.0. The number of likely N-dealkylation sites (tertiary alicyclic amines) is 1. The van der Waals surface area contributed by atoms with Gasteiger partial charge in [-0.1, -0.05) is 38.1 Å². The Hall–Kier alpha value is -1.51. The highest BCUT2D eigenvalue weighted by molar-refractivity contribution is 14.0. The third-order valence-corrected chi connectivity index (χ3v) is 5.61. The van der Waals surface area contributed by atoms with E-state index in [2.05, 4.69) is 53.7 Å². The van der Waals surface area contributed by atoms with E-state index in [0.717, 1.165) is 31.8 Å². The Morgan fingerprint density at radius 2 is 1.86 bits per heavy atom. The second kappa shape index (κ2) is 10.3. The summed E-state index contributed by atoms with van der Waals surface area (Å²) in [7, 11) is 0. The van der Waals surface area contributed by atoms with Crippen molar-refractivity contribution in [2.45, 2.75) is 64.0 Å². The average molecular weight is 499 g/mol. The molecule has 1 aromatic carbocycles. The third kappa shape index (κ3) is 5.99. The van der Waals surface area contributed by atoms with Gasteiger partial charge < -0.3 is 21.3 Å². The summed E-state index contributed by atoms with van der Waals surface area (Å²) in [5.41, 5.74) is 8.16. The van der Waals surface area contributed by atoms with Gasteiger partial charge in [-0.05, 0) is 43.2 Å². The molecule has 2 fully saturated rings. The second-order valence-corrected chi connectivity index (χ2v) is 7.98. The molecule has 1 aliphatic heterocycles. The van der Waals surface area contributed by atoms with E-state index in [1.165, 1.54) is 11.1 Å². The Labute approximate surface area is 185 Å². The van der Waals surface area contributed by atoms with Gasteiger partial charge in [0.15, 0.2) is 5.96 Å². The van der Waals surface area contributed by atoms with Crippen molar-refractivity contribution < 1.29 is 4.79 Å². The molecular weight excluding hydrogens is 465 g/mol. The number of nitrogens with one attached hydrogen (secondary N) is 2. The number of benzene rings is 1. The molecule has 0 aromatic heterocycles. The van der Waals surface area contributed by atoms with Gasteiger partial charge in [0.2, 0.25) is 0 Å². The highest BCUT2D eigenvalue weighted by Crippen LogP contribution is 2.41. The summed E-state index contributed by atoms with van der Waals surface area (Å²) in [4.78, 5) is 17.6. The first-order valence-corrected chi connectivity index (χ1v) is 10.2. The quantitative estimate of drug-likeness (QED) is 0.330. The van der Waals surface area contributed by atoms with E-state index < -0.39 is 0 Å². The number of hydrogen-bond donors (Lipinski definition) is 3. The molecule has 0 spiro atoms. The van der Waals surface area contributed by atoms with Gasteiger partial charge in [0, 0.05) is 37.6 Å². The number of nitrogens with zero attached hydrogens (tertiary/aromatic N) is 2. The van der Waals surface area contributed by atoms with E-state index in [4.69, 9.17) is 5.73 Å². The van der Waals surface area contributed by atoms with Gasteiger partial charge in [0.25, 0.3) is 0 Å². The first kappa shape index (κ1) is 22.8. The van der Waals surface area contributed by atoms with Crippen molar-refractivity contribution in [2.24, 2.45) is 10.7 Å². The summed E-state index contributed by atoms with van der Waals surface area (Å²) in [5, 5.41) is 7.14. The van der Waals surface area contributed by atoms with Crippen molar-refractivity contribution in [2.75, 3.05) is 19.6 Å². The number of halogens is 1. The van der Waals surface area contributed by atoms with Crippen LogP contribution in [0, 0.1) is 0 Å². The number of nitrogens with two attached hydrogens (primary N) is 1. The number of urea groups is 1. The first-order chi connectivity index (χ1) is 13.0. The van der Waals surface area contributed by atoms with Crippen molar-refractivity contribution in [3.05, 3.63) is 35.4 Å². The van der Waals surface area contributed by atoms with Crippen molar-refractivity contribution in [3.63, 3.8) is 0 Å². The normalized spacial score (nSPS) is 22.6. The SMILES string of the molecule is CCN=C(NC1CCN(C(N)=O)CC1)NC1CC1c1ccc(C(C)C)cc1.I. The van der Waals surface area contributed by atoms with E-state index in [-0.39, 0.29) is 30.0 Å². The fourth-order valence-electron chi connectivity index (χ4n) is 3.76. The maximum atomic E-state index is 11.3. The molecule has 4 N–H and O–H groups in total. The molecule has 156 valence electrons. The van der Waals surface area contributed by atoms with Crippen LogP contribution in [0.1, 0.15) is 63.0 Å². The number of hydrogen-bond acceptors (Lipinski definition) is 2. The molecule has 0 bridgehead atoms. The predicted octanol–water partition coefficient (Wildman–Crippen LogP) is 3.38. The monoisotopic (exact) mass is 499 g/mol. The van der Waals surface area contributed by atoms with Gasteiger partial charge in [0.1, 0.15) is 0 Å². The van der Waals surface area contributed by atoms with Crippen LogP contribution in [0.2, 0.25) is 0 Å². The van der Waals surface area contributed by atoms with Gasteiger partial charge in [-0.3, -0.25) is 4.99 Å². The molecule has 28 heavy (non-hydrogen) atoms. The van der Waals surface area contributed by atoms with Crippen molar-refractivity contribution >= 4 is 36.0 Å². The van der Waals surface area contributed by atoms with Crippen LogP contribution in [0.3, 0.4) is 0 Å². The Morgan fingerprint density at radius 3 is 2.39 bits per heavy atom. The zero-order valence-electron chi connectivity index (χ0n) is 17.1. The Bertz CT molecular complexity index is 668. The molecule has 2 unspecified atom stereocenters. The molecule has 7 heteroatoms. The van der Waals surface area contributed by atoms with Crippen molar-refractivity contribution in [1.82, 2.24) is 15.5 Å². The first-order valence-electron chi connectivity index (χ1n) is 10.2. The zero-order chi connectivity index (χ0) is 19.4. The van der Waals surface area contributed by atoms with Crippen molar-refractivity contribution in [1.29, 1.82) is 0 Å². The smallest absolute Gasteiger partial charge is 0.314 e. The minimum atomic E-state index is -0.321. The maximum Gasteiger partial charge on any atom is 0.314 e. The van der Waals surface area contributed by atoms with Gasteiger partial charge in [-0.25, -0.2) is 4.79 Å². The molecule has 1 saturated carbocycles. The molecule has 1 saturated heterocycles. The zero-order valence-corrected chi connectivity index (χ0v) is 19.5. The molecule has 2 amide bonds. The van der Waals surface area contributed by atoms with Gasteiger partial charge in [-0.2, -0.15) is 0 Å². The van der Waals surface area contributed by atoms with Gasteiger partial charge in [0.05, 0.1) is 0 Å². The minimum absolute atomic E-state index is 0. The van der Waals surface area contributed by atoms with Crippen LogP contribution in [0.15, 0.2) is 29.3 Å². The van der Waals surface area contributed by atoms with E-state index in [1.807, 2.05) is 6.92 Å². The van der Waals surface area contributed by atoms with E-state index in [0.29, 0.717) is 37.0 Å². The number of carbonyl (C=O) groups is 1. The number of piperidine rings is 1. The summed E-state index contributed by atoms with van der Waals surface area (Å²) >= 11 is 0. The molecule has 2 atom stereocenters. The Kier molecular flexibility index (Phi) is 8.39. The highest BCUT2D eigenvalue weighted by Gasteiger charge is 2.39. The lowest BCUT2D eigenvalue weighted by Gasteiger charge is -2.32. The molecule has 2 aliphatic rings. The predicted molar refractivity (Wildman–Crippen MR) is 126 cm³/mol. The molecule has 0 radical (unpaired) electrons. The number of rotatable bonds is 5. The molecule has 1 aromatic rings. The molecular formula is C21H34IN5O. The van der Waals surface area contributed by atoms with E-state index in [1.54, 1.807) is 4.90 Å². The number of guanidine groups is 1. The van der Waals surface area contributed by atoms with Crippen LogP contribution < -0.4 is 16.4 Å². The van der Waals surface area contributed by atoms with Crippen LogP contribution in [-0.4, -0.2) is 48.6 Å². The molecule has 3 rings (SSSR count). The van der Waals surface area contributed by atoms with Gasteiger partial charge in [-0.15, -0.1) is 24.0 Å². The number of amides is 2. The van der Waals surface area contributed by atoms with E-state index in [9.17, 15) is 4.79 Å². The topological polar surface area (TPSA) is 82.8 Å². The molecule has 1 heterocycles. The molecule has 6 nitrogen and oxygen atoms in total. The Balaban J connectivity index is 0.00000280. The van der Waals surface area contributed by atoms with E-state index >= 15 is 0 Å². The maximum absolute atomic E-state index is 11.3. The minimum Gasteiger partial charge on any atom is -0.354 e. The fraction of sp³-hybridized carbons (Fsp3) is 0.619. The summed E-state index contributed by atoms with van der Waals surface area (Å²) < 4.78 is 0. The summed E-state index contributed by atoms with van der Waals surface area (Å²) in [5.74, 6) is 2.02. The lowest BCUT2D eigenvalue weighted by molar-refractivity contribution is 0.188. The van der Waals surface area contributed by atoms with Crippen LogP contribution in [-0.2, 0) is 0 Å². The Morgan fingerprint density at radius 1 is 1.21 bits per heavy atom. The summed E-state index contributed by atoms with van der Waals surface area (Å²) in [6.07, 6.45) is 2.95. The fourth-order valence-corrected chi connectivity index (χ4v) is 3.76. The lowest BCUT2D eigenvalue weighted by Crippen LogP contribution is -2.51. The average Bonchev–Trinajstić information content (AvgIpc) is 3.41. The standard InChI is InChI=1S/C21H33N5O.HI/c1-4-23-21(24-17-9-11-26(12-10-17)20(22)27)25-19-13-18(19)16-7-5-15(6-8-16)14(2)3;/h5-8,14,17-19H,4,9-13H2,1-3H3,(H2,22,27)(H2,23,24,25);1H. The summed E-state index contributed by atoms with van der Waals surface area (Å²) in [6, 6.07) is 9.50. The highest BCUT2D eigenvalue weighted by atomic mass is 127. The molecule has 1 aliphatic carbocycles. The number of primary amides is 1. The van der Waals surface area contributed by atoms with Crippen LogP contribution in [0.4, 0.5) is 4.79 Å². The third-order valence-electron chi connectivity index (χ3n) is 5.61. The summed E-state index contributed by atoms with van der Waals surface area (Å²) in [6.45, 7) is 8.67. The number of carbonyl (C=O) groups excluding carboxylic acids is 1. The largest absolute Gasteiger partial charge is 0.354 e. The van der Waals surface area contributed by atoms with Gasteiger partial charge >= 0.3 is 6.03 Å². The number of aliphatic imine (C=N–C) groups is 1. The van der Waals surface area contributed by atoms with Crippen LogP contribution in [0.5, 0.6) is 0 Å². The van der Waals surface area contributed by atoms with Crippen LogP contribution >= 0.6 is 24.0 Å².